The monoisotopic (exact) mass is 515 g/mol. The minimum absolute atomic E-state index is 0.113. The largest absolute Gasteiger partial charge is 0.480 e. The fourth-order valence-electron chi connectivity index (χ4n) is 3.51. The van der Waals surface area contributed by atoms with E-state index in [1.54, 1.807) is 41.8 Å². The van der Waals surface area contributed by atoms with Crippen LogP contribution in [-0.4, -0.2) is 38.2 Å². The molecule has 2 heterocycles. The summed E-state index contributed by atoms with van der Waals surface area (Å²) in [6.07, 6.45) is -5.47. The third kappa shape index (κ3) is 5.78. The number of thiazole rings is 1. The van der Waals surface area contributed by atoms with Gasteiger partial charge in [-0.25, -0.2) is 9.97 Å². The number of aliphatic carboxylic acids is 1. The summed E-state index contributed by atoms with van der Waals surface area (Å²) in [4.78, 5) is 23.1. The summed E-state index contributed by atoms with van der Waals surface area (Å²) in [5.41, 5.74) is 13.0. The minimum Gasteiger partial charge on any atom is -0.480 e. The maximum atomic E-state index is 14.2. The standard InChI is InChI=1S/C24H20F3N5O3S/c25-24(26,27)20(15-3-1-2-4-16(15)21-30-9-10-36-21)35-19-12-18(31-23(29)32-19)14-7-5-13(6-8-14)11-17(28)22(33)34/h1-10,12,17,20H,11,28H2,(H,33,34)(H2,29,31,32)/t17-,20+/m0/s1. The highest BCUT2D eigenvalue weighted by molar-refractivity contribution is 7.13. The average Bonchev–Trinajstić information content (AvgIpc) is 3.37. The number of nitrogens with two attached hydrogens (primary N) is 2. The van der Waals surface area contributed by atoms with E-state index in [1.165, 1.54) is 35.7 Å². The quantitative estimate of drug-likeness (QED) is 0.312. The van der Waals surface area contributed by atoms with Crippen LogP contribution in [-0.2, 0) is 11.2 Å². The van der Waals surface area contributed by atoms with Gasteiger partial charge in [0.1, 0.15) is 11.0 Å². The Labute approximate surface area is 207 Å². The van der Waals surface area contributed by atoms with E-state index in [1.807, 2.05) is 0 Å². The number of halogens is 3. The summed E-state index contributed by atoms with van der Waals surface area (Å²) >= 11 is 1.21. The zero-order valence-corrected chi connectivity index (χ0v) is 19.3. The predicted molar refractivity (Wildman–Crippen MR) is 128 cm³/mol. The number of nitrogen functional groups attached to an aromatic ring is 1. The molecule has 0 aliphatic carbocycles. The number of hydrogen-bond acceptors (Lipinski definition) is 8. The van der Waals surface area contributed by atoms with E-state index in [9.17, 15) is 18.0 Å². The Balaban J connectivity index is 1.65. The summed E-state index contributed by atoms with van der Waals surface area (Å²) in [5.74, 6) is -1.75. The molecule has 0 fully saturated rings. The van der Waals surface area contributed by atoms with E-state index >= 15 is 0 Å². The molecule has 12 heteroatoms. The molecule has 186 valence electrons. The number of rotatable bonds is 8. The average molecular weight is 516 g/mol. The summed E-state index contributed by atoms with van der Waals surface area (Å²) in [6, 6.07) is 12.8. The lowest BCUT2D eigenvalue weighted by Gasteiger charge is -2.23. The van der Waals surface area contributed by atoms with Crippen molar-refractivity contribution in [1.29, 1.82) is 0 Å². The third-order valence-corrected chi connectivity index (χ3v) is 5.99. The molecule has 2 aromatic heterocycles. The van der Waals surface area contributed by atoms with Gasteiger partial charge in [-0.15, -0.1) is 11.3 Å². The number of carbonyl (C=O) groups is 1. The highest BCUT2D eigenvalue weighted by Crippen LogP contribution is 2.41. The molecule has 0 saturated heterocycles. The first-order valence-corrected chi connectivity index (χ1v) is 11.4. The lowest BCUT2D eigenvalue weighted by Crippen LogP contribution is -2.32. The van der Waals surface area contributed by atoms with Gasteiger partial charge >= 0.3 is 12.1 Å². The Morgan fingerprint density at radius 2 is 1.83 bits per heavy atom. The van der Waals surface area contributed by atoms with Crippen molar-refractivity contribution in [3.63, 3.8) is 0 Å². The predicted octanol–water partition coefficient (Wildman–Crippen LogP) is 4.49. The number of benzene rings is 2. The van der Waals surface area contributed by atoms with Gasteiger partial charge in [-0.1, -0.05) is 48.5 Å². The smallest absolute Gasteiger partial charge is 0.429 e. The van der Waals surface area contributed by atoms with Crippen molar-refractivity contribution in [3.8, 4) is 27.7 Å². The first-order valence-electron chi connectivity index (χ1n) is 10.6. The van der Waals surface area contributed by atoms with Crippen LogP contribution in [0, 0.1) is 0 Å². The highest BCUT2D eigenvalue weighted by Gasteiger charge is 2.44. The van der Waals surface area contributed by atoms with Crippen LogP contribution in [0.15, 0.2) is 66.2 Å². The number of nitrogens with zero attached hydrogens (tertiary/aromatic N) is 3. The number of anilines is 1. The number of hydrogen-bond donors (Lipinski definition) is 3. The third-order valence-electron chi connectivity index (χ3n) is 5.18. The molecule has 4 rings (SSSR count). The number of ether oxygens (including phenoxy) is 1. The molecule has 0 radical (unpaired) electrons. The maximum Gasteiger partial charge on any atom is 0.429 e. The molecule has 0 bridgehead atoms. The first-order chi connectivity index (χ1) is 17.1. The van der Waals surface area contributed by atoms with Crippen LogP contribution in [0.2, 0.25) is 0 Å². The van der Waals surface area contributed by atoms with Gasteiger partial charge in [-0.2, -0.15) is 18.2 Å². The van der Waals surface area contributed by atoms with Crippen LogP contribution in [0.1, 0.15) is 17.2 Å². The van der Waals surface area contributed by atoms with Crippen molar-refractivity contribution in [1.82, 2.24) is 15.0 Å². The Hall–Kier alpha value is -4.03. The normalized spacial score (nSPS) is 13.2. The molecule has 0 amide bonds. The molecular formula is C24H20F3N5O3S. The zero-order chi connectivity index (χ0) is 25.9. The molecule has 0 aliphatic heterocycles. The topological polar surface area (TPSA) is 137 Å². The van der Waals surface area contributed by atoms with Crippen LogP contribution in [0.5, 0.6) is 5.88 Å². The molecule has 0 unspecified atom stereocenters. The zero-order valence-electron chi connectivity index (χ0n) is 18.5. The summed E-state index contributed by atoms with van der Waals surface area (Å²) < 4.78 is 47.9. The number of carboxylic acids is 1. The number of carboxylic acid groups (broad SMARTS) is 1. The first kappa shape index (κ1) is 25.1. The van der Waals surface area contributed by atoms with Crippen LogP contribution >= 0.6 is 11.3 Å². The van der Waals surface area contributed by atoms with Gasteiger partial charge in [-0.05, 0) is 12.0 Å². The Bertz CT molecular complexity index is 1350. The fraction of sp³-hybridized carbons (Fsp3) is 0.167. The molecular weight excluding hydrogens is 495 g/mol. The molecule has 2 atom stereocenters. The van der Waals surface area contributed by atoms with Crippen molar-refractivity contribution >= 4 is 23.3 Å². The second-order valence-electron chi connectivity index (χ2n) is 7.76. The van der Waals surface area contributed by atoms with Gasteiger partial charge in [0.15, 0.2) is 0 Å². The molecule has 2 aromatic carbocycles. The molecule has 4 aromatic rings. The summed E-state index contributed by atoms with van der Waals surface area (Å²) in [5, 5.41) is 11.1. The maximum absolute atomic E-state index is 14.2. The number of aromatic nitrogens is 3. The van der Waals surface area contributed by atoms with Gasteiger partial charge in [0.05, 0.1) is 5.69 Å². The van der Waals surface area contributed by atoms with Crippen molar-refractivity contribution in [2.45, 2.75) is 24.7 Å². The van der Waals surface area contributed by atoms with E-state index < -0.39 is 24.3 Å². The van der Waals surface area contributed by atoms with E-state index in [4.69, 9.17) is 21.3 Å². The van der Waals surface area contributed by atoms with E-state index in [2.05, 4.69) is 15.0 Å². The van der Waals surface area contributed by atoms with Gasteiger partial charge in [0.25, 0.3) is 0 Å². The van der Waals surface area contributed by atoms with E-state index in [0.29, 0.717) is 21.7 Å². The van der Waals surface area contributed by atoms with Gasteiger partial charge in [-0.3, -0.25) is 4.79 Å². The fourth-order valence-corrected chi connectivity index (χ4v) is 4.19. The minimum atomic E-state index is -4.77. The van der Waals surface area contributed by atoms with Crippen molar-refractivity contribution in [2.75, 3.05) is 5.73 Å². The van der Waals surface area contributed by atoms with Crippen LogP contribution in [0.4, 0.5) is 19.1 Å². The summed E-state index contributed by atoms with van der Waals surface area (Å²) in [7, 11) is 0. The Morgan fingerprint density at radius 1 is 1.11 bits per heavy atom. The molecule has 36 heavy (non-hydrogen) atoms. The second kappa shape index (κ2) is 10.3. The Morgan fingerprint density at radius 3 is 2.47 bits per heavy atom. The molecule has 0 aliphatic rings. The van der Waals surface area contributed by atoms with Crippen molar-refractivity contribution in [2.24, 2.45) is 5.73 Å². The lowest BCUT2D eigenvalue weighted by atomic mass is 10.0. The van der Waals surface area contributed by atoms with E-state index in [0.717, 1.165) is 0 Å². The van der Waals surface area contributed by atoms with Gasteiger partial charge < -0.3 is 21.3 Å². The van der Waals surface area contributed by atoms with Crippen LogP contribution < -0.4 is 16.2 Å². The molecule has 5 N–H and O–H groups in total. The number of alkyl halides is 3. The summed E-state index contributed by atoms with van der Waals surface area (Å²) in [6.45, 7) is 0. The molecule has 0 spiro atoms. The van der Waals surface area contributed by atoms with Gasteiger partial charge in [0.2, 0.25) is 17.9 Å². The molecule has 0 saturated carbocycles. The van der Waals surface area contributed by atoms with Crippen LogP contribution in [0.3, 0.4) is 0 Å². The Kier molecular flexibility index (Phi) is 7.17. The molecule has 8 nitrogen and oxygen atoms in total. The van der Waals surface area contributed by atoms with E-state index in [-0.39, 0.29) is 29.5 Å². The van der Waals surface area contributed by atoms with Crippen molar-refractivity contribution in [3.05, 3.63) is 77.3 Å². The highest BCUT2D eigenvalue weighted by atomic mass is 32.1. The lowest BCUT2D eigenvalue weighted by molar-refractivity contribution is -0.198. The van der Waals surface area contributed by atoms with Crippen molar-refractivity contribution < 1.29 is 27.8 Å². The van der Waals surface area contributed by atoms with Gasteiger partial charge in [0, 0.05) is 34.3 Å². The SMILES string of the molecule is Nc1nc(O[C@H](c2ccccc2-c2nccs2)C(F)(F)F)cc(-c2ccc(C[C@H](N)C(=O)O)cc2)n1. The van der Waals surface area contributed by atoms with Crippen LogP contribution in [0.25, 0.3) is 21.8 Å². The second-order valence-corrected chi connectivity index (χ2v) is 8.65.